The zero-order valence-corrected chi connectivity index (χ0v) is 11.8. The van der Waals surface area contributed by atoms with Crippen LogP contribution >= 0.6 is 15.9 Å². The summed E-state index contributed by atoms with van der Waals surface area (Å²) >= 11 is 3.28. The molecule has 1 aromatic carbocycles. The van der Waals surface area contributed by atoms with E-state index in [9.17, 15) is 9.59 Å². The second-order valence-corrected chi connectivity index (χ2v) is 5.73. The molecule has 2 aromatic rings. The van der Waals surface area contributed by atoms with E-state index in [1.54, 1.807) is 39.0 Å². The SMILES string of the molecule is CC(C)(C)OC(=O)n1oc(=O)c2ccc(Br)cc21. The average Bonchev–Trinajstić information content (AvgIpc) is 2.53. The highest BCUT2D eigenvalue weighted by Crippen LogP contribution is 2.19. The van der Waals surface area contributed by atoms with Gasteiger partial charge in [0, 0.05) is 4.47 Å². The van der Waals surface area contributed by atoms with E-state index in [0.717, 1.165) is 9.21 Å². The monoisotopic (exact) mass is 313 g/mol. The third-order valence-electron chi connectivity index (χ3n) is 2.13. The van der Waals surface area contributed by atoms with Crippen molar-refractivity contribution in [3.63, 3.8) is 0 Å². The van der Waals surface area contributed by atoms with Crippen molar-refractivity contribution in [2.24, 2.45) is 0 Å². The van der Waals surface area contributed by atoms with Crippen molar-refractivity contribution >= 4 is 32.9 Å². The minimum absolute atomic E-state index is 0.337. The van der Waals surface area contributed by atoms with Gasteiger partial charge in [-0.3, -0.25) is 0 Å². The van der Waals surface area contributed by atoms with Crippen molar-refractivity contribution in [1.29, 1.82) is 0 Å². The molecule has 0 saturated heterocycles. The molecule has 96 valence electrons. The van der Waals surface area contributed by atoms with E-state index in [4.69, 9.17) is 9.26 Å². The molecular formula is C12H12BrNO4. The van der Waals surface area contributed by atoms with Gasteiger partial charge in [-0.15, -0.1) is 4.74 Å². The van der Waals surface area contributed by atoms with Gasteiger partial charge < -0.3 is 9.26 Å². The maximum Gasteiger partial charge on any atom is 0.448 e. The summed E-state index contributed by atoms with van der Waals surface area (Å²) in [5.41, 5.74) is -0.842. The highest BCUT2D eigenvalue weighted by Gasteiger charge is 2.22. The fraction of sp³-hybridized carbons (Fsp3) is 0.333. The van der Waals surface area contributed by atoms with E-state index in [2.05, 4.69) is 15.9 Å². The van der Waals surface area contributed by atoms with E-state index < -0.39 is 17.3 Å². The quantitative estimate of drug-likeness (QED) is 0.749. The van der Waals surface area contributed by atoms with Crippen LogP contribution in [0.4, 0.5) is 4.79 Å². The van der Waals surface area contributed by atoms with Gasteiger partial charge in [0.1, 0.15) is 11.1 Å². The van der Waals surface area contributed by atoms with Crippen LogP contribution in [0, 0.1) is 0 Å². The van der Waals surface area contributed by atoms with E-state index >= 15 is 0 Å². The van der Waals surface area contributed by atoms with Crippen LogP contribution in [0.25, 0.3) is 10.9 Å². The lowest BCUT2D eigenvalue weighted by molar-refractivity contribution is 0.0391. The van der Waals surface area contributed by atoms with Crippen LogP contribution in [0.15, 0.2) is 32.0 Å². The van der Waals surface area contributed by atoms with E-state index in [-0.39, 0.29) is 0 Å². The summed E-state index contributed by atoms with van der Waals surface area (Å²) in [6, 6.07) is 4.93. The van der Waals surface area contributed by atoms with Crippen molar-refractivity contribution in [2.75, 3.05) is 0 Å². The van der Waals surface area contributed by atoms with Crippen molar-refractivity contribution in [3.05, 3.63) is 33.1 Å². The Bertz CT molecular complexity index is 663. The molecule has 0 aliphatic carbocycles. The van der Waals surface area contributed by atoms with Crippen LogP contribution in [-0.2, 0) is 4.74 Å². The van der Waals surface area contributed by atoms with Crippen molar-refractivity contribution < 1.29 is 14.1 Å². The highest BCUT2D eigenvalue weighted by atomic mass is 79.9. The molecule has 0 aliphatic rings. The first-order chi connectivity index (χ1) is 8.28. The Morgan fingerprint density at radius 2 is 2.06 bits per heavy atom. The van der Waals surface area contributed by atoms with Gasteiger partial charge in [-0.05, 0) is 39.0 Å². The first-order valence-corrected chi connectivity index (χ1v) is 6.12. The molecular weight excluding hydrogens is 302 g/mol. The highest BCUT2D eigenvalue weighted by molar-refractivity contribution is 9.10. The molecule has 18 heavy (non-hydrogen) atoms. The number of rotatable bonds is 0. The predicted molar refractivity (Wildman–Crippen MR) is 69.8 cm³/mol. The molecule has 0 saturated carbocycles. The number of nitrogens with zero attached hydrogens (tertiary/aromatic N) is 1. The average molecular weight is 314 g/mol. The molecule has 0 atom stereocenters. The van der Waals surface area contributed by atoms with E-state index in [1.165, 1.54) is 0 Å². The molecule has 0 bridgehead atoms. The Balaban J connectivity index is 2.55. The molecule has 0 fully saturated rings. The first kappa shape index (κ1) is 12.9. The second-order valence-electron chi connectivity index (χ2n) is 4.81. The number of aromatic nitrogens is 1. The Kier molecular flexibility index (Phi) is 3.06. The van der Waals surface area contributed by atoms with Crippen LogP contribution in [0.2, 0.25) is 0 Å². The van der Waals surface area contributed by atoms with Gasteiger partial charge in [0.25, 0.3) is 0 Å². The number of hydrogen-bond acceptors (Lipinski definition) is 4. The summed E-state index contributed by atoms with van der Waals surface area (Å²) in [5.74, 6) is 0. The molecule has 0 aliphatic heterocycles. The summed E-state index contributed by atoms with van der Waals surface area (Å²) in [7, 11) is 0. The summed E-state index contributed by atoms with van der Waals surface area (Å²) in [4.78, 5) is 23.5. The van der Waals surface area contributed by atoms with Crippen molar-refractivity contribution in [2.45, 2.75) is 26.4 Å². The number of carbonyl (C=O) groups is 1. The number of hydrogen-bond donors (Lipinski definition) is 0. The fourth-order valence-electron chi connectivity index (χ4n) is 1.47. The Hall–Kier alpha value is -1.56. The standard InChI is InChI=1S/C12H12BrNO4/c1-12(2,3)17-11(16)14-9-6-7(13)4-5-8(9)10(15)18-14/h4-6H,1-3H3. The lowest BCUT2D eigenvalue weighted by Crippen LogP contribution is -2.26. The molecule has 0 amide bonds. The number of benzene rings is 1. The minimum Gasteiger partial charge on any atom is -0.441 e. The molecule has 2 rings (SSSR count). The summed E-state index contributed by atoms with van der Waals surface area (Å²) in [5, 5.41) is 0.337. The molecule has 0 spiro atoms. The van der Waals surface area contributed by atoms with Gasteiger partial charge in [0.15, 0.2) is 0 Å². The van der Waals surface area contributed by atoms with Gasteiger partial charge in [-0.1, -0.05) is 15.9 Å². The maximum atomic E-state index is 11.9. The third-order valence-corrected chi connectivity index (χ3v) is 2.63. The van der Waals surface area contributed by atoms with E-state index in [1.807, 2.05) is 0 Å². The smallest absolute Gasteiger partial charge is 0.441 e. The van der Waals surface area contributed by atoms with Gasteiger partial charge in [0.2, 0.25) is 0 Å². The summed E-state index contributed by atoms with van der Waals surface area (Å²) in [6.45, 7) is 5.22. The molecule has 0 N–H and O–H groups in total. The number of carbonyl (C=O) groups excluding carboxylic acids is 1. The fourth-order valence-corrected chi connectivity index (χ4v) is 1.81. The Morgan fingerprint density at radius 1 is 1.39 bits per heavy atom. The maximum absolute atomic E-state index is 11.9. The molecule has 1 heterocycles. The zero-order chi connectivity index (χ0) is 13.5. The topological polar surface area (TPSA) is 61.4 Å². The third kappa shape index (κ3) is 2.48. The Labute approximate surface area is 111 Å². The zero-order valence-electron chi connectivity index (χ0n) is 10.2. The van der Waals surface area contributed by atoms with Gasteiger partial charge >= 0.3 is 11.7 Å². The van der Waals surface area contributed by atoms with Gasteiger partial charge in [0.05, 0.1) is 5.39 Å². The van der Waals surface area contributed by atoms with Crippen molar-refractivity contribution in [3.8, 4) is 0 Å². The minimum atomic E-state index is -0.715. The van der Waals surface area contributed by atoms with Crippen LogP contribution in [-0.4, -0.2) is 16.4 Å². The van der Waals surface area contributed by atoms with Crippen molar-refractivity contribution in [1.82, 2.24) is 4.74 Å². The summed E-state index contributed by atoms with van der Waals surface area (Å²) < 4.78 is 11.7. The normalized spacial score (nSPS) is 11.8. The molecule has 6 heteroatoms. The molecule has 0 unspecified atom stereocenters. The summed E-state index contributed by atoms with van der Waals surface area (Å²) in [6.07, 6.45) is -0.715. The first-order valence-electron chi connectivity index (χ1n) is 5.33. The van der Waals surface area contributed by atoms with Gasteiger partial charge in [-0.2, -0.15) is 0 Å². The number of fused-ring (bicyclic) bond motifs is 1. The predicted octanol–water partition coefficient (Wildman–Crippen LogP) is 3.14. The number of ether oxygens (including phenoxy) is 1. The van der Waals surface area contributed by atoms with Crippen LogP contribution in [0.1, 0.15) is 20.8 Å². The van der Waals surface area contributed by atoms with Gasteiger partial charge in [-0.25, -0.2) is 9.59 Å². The van der Waals surface area contributed by atoms with Crippen LogP contribution in [0.5, 0.6) is 0 Å². The lowest BCUT2D eigenvalue weighted by Gasteiger charge is -2.18. The molecule has 0 radical (unpaired) electrons. The molecule has 1 aromatic heterocycles. The molecule has 5 nitrogen and oxygen atoms in total. The lowest BCUT2D eigenvalue weighted by atomic mass is 10.2. The number of halogens is 1. The Morgan fingerprint density at radius 3 is 2.67 bits per heavy atom. The van der Waals surface area contributed by atoms with Crippen LogP contribution in [0.3, 0.4) is 0 Å². The largest absolute Gasteiger partial charge is 0.448 e. The van der Waals surface area contributed by atoms with E-state index in [0.29, 0.717) is 10.9 Å². The second kappa shape index (κ2) is 4.28. The van der Waals surface area contributed by atoms with Crippen LogP contribution < -0.4 is 5.63 Å².